The maximum atomic E-state index is 5.36. The molecule has 0 heteroatoms. The number of benzene rings is 1. The third-order valence-electron chi connectivity index (χ3n) is 0.800. The van der Waals surface area contributed by atoms with Crippen molar-refractivity contribution in [3.63, 3.8) is 0 Å². The molecule has 0 bridgehead atoms. The van der Waals surface area contributed by atoms with E-state index in [4.69, 9.17) is 6.92 Å². The van der Waals surface area contributed by atoms with Crippen LogP contribution in [0.15, 0.2) is 30.3 Å². The van der Waals surface area contributed by atoms with E-state index in [1.807, 2.05) is 30.3 Å². The summed E-state index contributed by atoms with van der Waals surface area (Å²) >= 11 is 0. The molecule has 0 atom stereocenters. The molecule has 0 N–H and O–H groups in total. The van der Waals surface area contributed by atoms with E-state index in [0.717, 1.165) is 5.56 Å². The fraction of sp³-hybridized carbons (Fsp3) is 0. The molecule has 0 aliphatic rings. The Balaban J connectivity index is 3.02. The lowest BCUT2D eigenvalue weighted by Crippen LogP contribution is -1.62. The molecule has 7 heavy (non-hydrogen) atoms. The van der Waals surface area contributed by atoms with Gasteiger partial charge in [0.2, 0.25) is 0 Å². The van der Waals surface area contributed by atoms with Crippen LogP contribution in [0.25, 0.3) is 0 Å². The van der Waals surface area contributed by atoms with Gasteiger partial charge in [0.1, 0.15) is 12.5 Å². The molecule has 0 aliphatic heterocycles. The van der Waals surface area contributed by atoms with Crippen molar-refractivity contribution in [3.8, 4) is 0 Å². The molecule has 1 aromatic carbocycles. The highest BCUT2D eigenvalue weighted by atomic mass is 13.8. The Kier molecular flexibility index (Phi) is 1.03. The summed E-state index contributed by atoms with van der Waals surface area (Å²) in [7, 11) is 0. The molecule has 0 saturated carbocycles. The topological polar surface area (TPSA) is 0 Å². The lowest BCUT2D eigenvalue weighted by atomic mass is 10.2. The fourth-order valence-corrected chi connectivity index (χ4v) is 0.453. The Morgan fingerprint density at radius 2 is 1.57 bits per heavy atom. The molecule has 0 heterocycles. The minimum Gasteiger partial charge on any atom is -0.0356 e. The van der Waals surface area contributed by atoms with E-state index in [1.165, 1.54) is 0 Å². The Bertz CT molecular complexity index is 130. The van der Waals surface area contributed by atoms with E-state index >= 15 is 0 Å². The second-order valence-electron chi connectivity index (χ2n) is 1.41. The van der Waals surface area contributed by atoms with Crippen molar-refractivity contribution in [1.82, 2.24) is 0 Å². The molecule has 1 aromatic rings. The van der Waals surface area contributed by atoms with E-state index < -0.39 is 0 Å². The SMILES string of the molecule is [CH+]c1ccccc1. The van der Waals surface area contributed by atoms with Gasteiger partial charge in [-0.1, -0.05) is 0 Å². The molecular weight excluding hydrogens is 84.1 g/mol. The smallest absolute Gasteiger partial charge is 0.0356 e. The highest BCUT2D eigenvalue weighted by Gasteiger charge is 1.84. The molecule has 33 valence electrons. The van der Waals surface area contributed by atoms with Gasteiger partial charge >= 0.3 is 0 Å². The molecule has 0 amide bonds. The molecule has 0 fully saturated rings. The fourth-order valence-electron chi connectivity index (χ4n) is 0.453. The van der Waals surface area contributed by atoms with Gasteiger partial charge in [0.15, 0.2) is 0 Å². The first-order valence-electron chi connectivity index (χ1n) is 2.20. The van der Waals surface area contributed by atoms with Gasteiger partial charge in [-0.15, -0.1) is 0 Å². The predicted molar refractivity (Wildman–Crippen MR) is 29.8 cm³/mol. The largest absolute Gasteiger partial charge is 0.147 e. The number of rotatable bonds is 0. The number of hydrogen-bond acceptors (Lipinski definition) is 0. The first-order valence-corrected chi connectivity index (χ1v) is 2.20. The quantitative estimate of drug-likeness (QED) is 0.426. The van der Waals surface area contributed by atoms with E-state index in [9.17, 15) is 0 Å². The summed E-state index contributed by atoms with van der Waals surface area (Å²) in [6, 6.07) is 9.49. The van der Waals surface area contributed by atoms with Gasteiger partial charge in [-0.3, -0.25) is 0 Å². The minimum absolute atomic E-state index is 0.822. The van der Waals surface area contributed by atoms with Gasteiger partial charge in [0.05, 0.1) is 0 Å². The van der Waals surface area contributed by atoms with Crippen molar-refractivity contribution in [2.75, 3.05) is 0 Å². The zero-order valence-electron chi connectivity index (χ0n) is 3.96. The second-order valence-corrected chi connectivity index (χ2v) is 1.41. The monoisotopic (exact) mass is 90.0 g/mol. The molecule has 0 aliphatic carbocycles. The van der Waals surface area contributed by atoms with Crippen molar-refractivity contribution in [1.29, 1.82) is 0 Å². The Labute approximate surface area is 43.8 Å². The van der Waals surface area contributed by atoms with Crippen LogP contribution in [0.4, 0.5) is 0 Å². The molecule has 0 unspecified atom stereocenters. The molecule has 0 saturated heterocycles. The third kappa shape index (κ3) is 0.967. The first kappa shape index (κ1) is 4.25. The lowest BCUT2D eigenvalue weighted by molar-refractivity contribution is 1.62. The molecular formula is C7H6+. The number of hydrogen-bond donors (Lipinski definition) is 0. The summed E-state index contributed by atoms with van der Waals surface area (Å²) in [4.78, 5) is 0. The maximum Gasteiger partial charge on any atom is 0.147 e. The molecule has 1 rings (SSSR count). The van der Waals surface area contributed by atoms with Crippen molar-refractivity contribution in [2.45, 2.75) is 0 Å². The summed E-state index contributed by atoms with van der Waals surface area (Å²) in [5.41, 5.74) is 0.822. The minimum atomic E-state index is 0.822. The molecule has 1 radical (unpaired) electrons. The maximum absolute atomic E-state index is 5.36. The van der Waals surface area contributed by atoms with Crippen molar-refractivity contribution in [3.05, 3.63) is 42.8 Å². The van der Waals surface area contributed by atoms with Crippen LogP contribution in [0, 0.1) is 6.92 Å². The van der Waals surface area contributed by atoms with Crippen molar-refractivity contribution < 1.29 is 0 Å². The highest BCUT2D eigenvalue weighted by Crippen LogP contribution is 1.92. The average Bonchev–Trinajstić information content (AvgIpc) is 1.69. The van der Waals surface area contributed by atoms with E-state index in [0.29, 0.717) is 0 Å². The Morgan fingerprint density at radius 3 is 1.86 bits per heavy atom. The Hall–Kier alpha value is -0.910. The van der Waals surface area contributed by atoms with Gasteiger partial charge in [0, 0.05) is 12.1 Å². The van der Waals surface area contributed by atoms with Gasteiger partial charge in [0.25, 0.3) is 0 Å². The van der Waals surface area contributed by atoms with Crippen LogP contribution in [0.1, 0.15) is 5.56 Å². The van der Waals surface area contributed by atoms with Gasteiger partial charge in [-0.2, -0.15) is 0 Å². The van der Waals surface area contributed by atoms with Crippen LogP contribution >= 0.6 is 0 Å². The first-order chi connectivity index (χ1) is 3.39. The van der Waals surface area contributed by atoms with E-state index in [1.54, 1.807) is 0 Å². The van der Waals surface area contributed by atoms with Crippen LogP contribution in [0.5, 0.6) is 0 Å². The average molecular weight is 90.1 g/mol. The summed E-state index contributed by atoms with van der Waals surface area (Å²) in [6.45, 7) is 5.36. The Morgan fingerprint density at radius 1 is 1.00 bits per heavy atom. The van der Waals surface area contributed by atoms with Crippen LogP contribution in [-0.2, 0) is 0 Å². The van der Waals surface area contributed by atoms with Crippen LogP contribution in [0.2, 0.25) is 0 Å². The molecule has 0 nitrogen and oxygen atoms in total. The van der Waals surface area contributed by atoms with Crippen LogP contribution in [-0.4, -0.2) is 0 Å². The zero-order valence-corrected chi connectivity index (χ0v) is 3.96. The van der Waals surface area contributed by atoms with Gasteiger partial charge < -0.3 is 0 Å². The summed E-state index contributed by atoms with van der Waals surface area (Å²) < 4.78 is 0. The van der Waals surface area contributed by atoms with Crippen LogP contribution < -0.4 is 0 Å². The summed E-state index contributed by atoms with van der Waals surface area (Å²) in [5.74, 6) is 0. The summed E-state index contributed by atoms with van der Waals surface area (Å²) in [5, 5.41) is 0. The highest BCUT2D eigenvalue weighted by molar-refractivity contribution is 5.16. The summed E-state index contributed by atoms with van der Waals surface area (Å²) in [6.07, 6.45) is 0. The zero-order chi connectivity index (χ0) is 5.11. The normalized spacial score (nSPS) is 8.57. The van der Waals surface area contributed by atoms with Crippen molar-refractivity contribution in [2.24, 2.45) is 0 Å². The molecule has 0 spiro atoms. The van der Waals surface area contributed by atoms with Gasteiger partial charge in [-0.05, 0) is 18.2 Å². The van der Waals surface area contributed by atoms with Gasteiger partial charge in [-0.25, -0.2) is 0 Å². The standard InChI is InChI=1S/C7H6/c1-7-5-3-2-4-6-7/h1-6H/q+1. The van der Waals surface area contributed by atoms with Crippen LogP contribution in [0.3, 0.4) is 0 Å². The molecule has 0 aromatic heterocycles. The second kappa shape index (κ2) is 1.69. The third-order valence-corrected chi connectivity index (χ3v) is 0.800. The predicted octanol–water partition coefficient (Wildman–Crippen LogP) is 1.75. The van der Waals surface area contributed by atoms with E-state index in [-0.39, 0.29) is 0 Å². The van der Waals surface area contributed by atoms with Crippen molar-refractivity contribution >= 4 is 0 Å². The lowest BCUT2D eigenvalue weighted by Gasteiger charge is -1.71. The van der Waals surface area contributed by atoms with E-state index in [2.05, 4.69) is 0 Å².